The molecule has 0 unspecified atom stereocenters. The van der Waals surface area contributed by atoms with E-state index in [1.807, 2.05) is 67.6 Å². The van der Waals surface area contributed by atoms with Crippen molar-refractivity contribution in [1.29, 1.82) is 0 Å². The first-order valence-electron chi connectivity index (χ1n) is 14.8. The van der Waals surface area contributed by atoms with Gasteiger partial charge in [-0.15, -0.1) is 0 Å². The largest absolute Gasteiger partial charge is 0.325 e. The fraction of sp³-hybridized carbons (Fsp3) is 0.265. The molecule has 0 radical (unpaired) electrons. The van der Waals surface area contributed by atoms with Crippen LogP contribution in [0.1, 0.15) is 43.0 Å². The third-order valence-corrected chi connectivity index (χ3v) is 9.27. The Kier molecular flexibility index (Phi) is 7.07. The number of halogens is 1. The lowest BCUT2D eigenvalue weighted by molar-refractivity contribution is -0.138. The predicted molar refractivity (Wildman–Crippen MR) is 173 cm³/mol. The Morgan fingerprint density at radius 3 is 2.44 bits per heavy atom. The van der Waals surface area contributed by atoms with E-state index < -0.39 is 6.04 Å². The number of aromatic nitrogens is 5. The van der Waals surface area contributed by atoms with Crippen LogP contribution < -0.4 is 5.32 Å². The van der Waals surface area contributed by atoms with Gasteiger partial charge in [0.2, 0.25) is 11.8 Å². The number of nitrogens with one attached hydrogen (secondary N) is 1. The van der Waals surface area contributed by atoms with Crippen molar-refractivity contribution in [2.75, 3.05) is 5.32 Å². The van der Waals surface area contributed by atoms with E-state index in [2.05, 4.69) is 48.2 Å². The Morgan fingerprint density at radius 1 is 0.956 bits per heavy atom. The number of likely N-dealkylation sites (tertiary alicyclic amines) is 1. The Hall–Kier alpha value is -4.77. The van der Waals surface area contributed by atoms with Crippen molar-refractivity contribution in [2.45, 2.75) is 52.2 Å². The number of Topliss-reactive ketones (excluding diaryl/α,β-unsaturated/α-hetero) is 1. The van der Waals surface area contributed by atoms with Crippen molar-refractivity contribution in [1.82, 2.24) is 29.6 Å². The zero-order chi connectivity index (χ0) is 31.5. The van der Waals surface area contributed by atoms with Gasteiger partial charge >= 0.3 is 0 Å². The number of carbonyl (C=O) groups is 3. The van der Waals surface area contributed by atoms with Crippen molar-refractivity contribution in [3.63, 3.8) is 0 Å². The van der Waals surface area contributed by atoms with Crippen molar-refractivity contribution in [3.05, 3.63) is 89.2 Å². The number of piperidine rings is 1. The minimum absolute atomic E-state index is 0.0293. The van der Waals surface area contributed by atoms with Crippen LogP contribution in [0.4, 0.5) is 5.82 Å². The number of anilines is 1. The van der Waals surface area contributed by atoms with Crippen LogP contribution in [-0.4, -0.2) is 59.3 Å². The second-order valence-electron chi connectivity index (χ2n) is 12.1. The molecule has 2 amide bonds. The highest BCUT2D eigenvalue weighted by atomic mass is 79.9. The molecule has 226 valence electrons. The Bertz CT molecular complexity index is 1990. The minimum Gasteiger partial charge on any atom is -0.325 e. The molecule has 2 aliphatic rings. The molecule has 2 aromatic carbocycles. The summed E-state index contributed by atoms with van der Waals surface area (Å²) in [7, 11) is 0. The van der Waals surface area contributed by atoms with Gasteiger partial charge < -0.3 is 10.2 Å². The van der Waals surface area contributed by atoms with E-state index >= 15 is 0 Å². The SMILES string of the molecule is CC(=O)c1nn(CC(=O)N2[C@H](C(=O)Nc3cc(-c4ccccc4)cc(Br)n3)C[C@@]3(C)C[C@@H]23)c2ccc(-c3cnc(C)nc3)cc12. The standard InChI is InChI=1S/C34H30BrN7O3/c1-19(43)32-25-11-22(24-16-36-20(2)37-17-24)9-10-26(25)41(40-32)18-31(44)42-27(14-34(3)15-28(34)42)33(45)39-30-13-23(12-29(35)38-30)21-7-5-4-6-8-21/h4-13,16-17,27-28H,14-15,18H2,1-3H3,(H,38,39,45)/t27-,28+,34-/m0/s1. The van der Waals surface area contributed by atoms with Gasteiger partial charge in [-0.25, -0.2) is 15.0 Å². The highest BCUT2D eigenvalue weighted by Gasteiger charge is 2.64. The number of amides is 2. The molecule has 3 atom stereocenters. The maximum atomic E-state index is 14.0. The number of hydrogen-bond acceptors (Lipinski definition) is 7. The van der Waals surface area contributed by atoms with E-state index in [9.17, 15) is 14.4 Å². The predicted octanol–water partition coefficient (Wildman–Crippen LogP) is 5.85. The molecule has 2 fully saturated rings. The zero-order valence-corrected chi connectivity index (χ0v) is 26.6. The van der Waals surface area contributed by atoms with Gasteiger partial charge in [-0.2, -0.15) is 5.10 Å². The monoisotopic (exact) mass is 663 g/mol. The number of ketones is 1. The van der Waals surface area contributed by atoms with Crippen molar-refractivity contribution in [2.24, 2.45) is 5.41 Å². The summed E-state index contributed by atoms with van der Waals surface area (Å²) in [6.07, 6.45) is 4.89. The first kappa shape index (κ1) is 29.0. The van der Waals surface area contributed by atoms with Gasteiger partial charge in [0.1, 0.15) is 34.5 Å². The molecule has 0 bridgehead atoms. The van der Waals surface area contributed by atoms with Crippen LogP contribution in [0.5, 0.6) is 0 Å². The molecule has 1 saturated carbocycles. The van der Waals surface area contributed by atoms with Gasteiger partial charge in [0.15, 0.2) is 5.78 Å². The van der Waals surface area contributed by atoms with E-state index in [0.717, 1.165) is 28.7 Å². The van der Waals surface area contributed by atoms with Crippen LogP contribution in [-0.2, 0) is 16.1 Å². The van der Waals surface area contributed by atoms with Gasteiger partial charge in [-0.3, -0.25) is 19.1 Å². The van der Waals surface area contributed by atoms with Crippen molar-refractivity contribution >= 4 is 50.2 Å². The van der Waals surface area contributed by atoms with Crippen LogP contribution >= 0.6 is 15.9 Å². The molecule has 3 aromatic heterocycles. The summed E-state index contributed by atoms with van der Waals surface area (Å²) < 4.78 is 2.16. The molecule has 1 aliphatic heterocycles. The average molecular weight is 665 g/mol. The minimum atomic E-state index is -0.649. The first-order valence-corrected chi connectivity index (χ1v) is 15.5. The molecule has 0 spiro atoms. The maximum Gasteiger partial charge on any atom is 0.248 e. The molecule has 10 nitrogen and oxygen atoms in total. The molecule has 1 saturated heterocycles. The molecular weight excluding hydrogens is 634 g/mol. The molecule has 4 heterocycles. The van der Waals surface area contributed by atoms with Gasteiger partial charge in [-0.1, -0.05) is 43.3 Å². The summed E-state index contributed by atoms with van der Waals surface area (Å²) in [5.41, 5.74) is 4.41. The van der Waals surface area contributed by atoms with Gasteiger partial charge in [0.05, 0.1) is 5.52 Å². The van der Waals surface area contributed by atoms with E-state index in [1.165, 1.54) is 6.92 Å². The van der Waals surface area contributed by atoms with E-state index in [1.54, 1.807) is 22.0 Å². The Labute approximate surface area is 268 Å². The fourth-order valence-corrected chi connectivity index (χ4v) is 6.86. The number of carbonyl (C=O) groups excluding carboxylic acids is 3. The Balaban J connectivity index is 1.15. The molecule has 1 aliphatic carbocycles. The summed E-state index contributed by atoms with van der Waals surface area (Å²) in [5, 5.41) is 8.18. The van der Waals surface area contributed by atoms with Gasteiger partial charge in [0.25, 0.3) is 0 Å². The van der Waals surface area contributed by atoms with Gasteiger partial charge in [-0.05, 0) is 82.1 Å². The Morgan fingerprint density at radius 2 is 1.71 bits per heavy atom. The van der Waals surface area contributed by atoms with Crippen LogP contribution in [0.2, 0.25) is 0 Å². The van der Waals surface area contributed by atoms with E-state index in [4.69, 9.17) is 0 Å². The lowest BCUT2D eigenvalue weighted by Crippen LogP contribution is -2.46. The van der Waals surface area contributed by atoms with Crippen LogP contribution in [0.25, 0.3) is 33.2 Å². The lowest BCUT2D eigenvalue weighted by atomic mass is 10.0. The third-order valence-electron chi connectivity index (χ3n) is 8.86. The third kappa shape index (κ3) is 5.41. The second kappa shape index (κ2) is 11.0. The number of benzene rings is 2. The quantitative estimate of drug-likeness (QED) is 0.171. The van der Waals surface area contributed by atoms with Crippen LogP contribution in [0, 0.1) is 12.3 Å². The number of nitrogens with zero attached hydrogens (tertiary/aromatic N) is 6. The second-order valence-corrected chi connectivity index (χ2v) is 12.9. The molecule has 45 heavy (non-hydrogen) atoms. The number of hydrogen-bond donors (Lipinski definition) is 1. The van der Waals surface area contributed by atoms with Crippen LogP contribution in [0.3, 0.4) is 0 Å². The first-order chi connectivity index (χ1) is 21.6. The summed E-state index contributed by atoms with van der Waals surface area (Å²) in [5.74, 6) is 0.379. The van der Waals surface area contributed by atoms with Crippen molar-refractivity contribution in [3.8, 4) is 22.3 Å². The number of aryl methyl sites for hydroxylation is 1. The highest BCUT2D eigenvalue weighted by Crippen LogP contribution is 2.59. The molecule has 5 aromatic rings. The summed E-state index contributed by atoms with van der Waals surface area (Å²) in [6.45, 7) is 5.30. The normalized spacial score (nSPS) is 20.2. The van der Waals surface area contributed by atoms with Gasteiger partial charge in [0, 0.05) is 36.3 Å². The number of pyridine rings is 1. The molecule has 1 N–H and O–H groups in total. The topological polar surface area (TPSA) is 123 Å². The molecule has 11 heteroatoms. The maximum absolute atomic E-state index is 14.0. The fourth-order valence-electron chi connectivity index (χ4n) is 6.42. The van der Waals surface area contributed by atoms with Crippen molar-refractivity contribution < 1.29 is 14.4 Å². The van der Waals surface area contributed by atoms with E-state index in [-0.39, 0.29) is 41.3 Å². The smallest absolute Gasteiger partial charge is 0.248 e. The summed E-state index contributed by atoms with van der Waals surface area (Å²) >= 11 is 3.47. The summed E-state index contributed by atoms with van der Waals surface area (Å²) in [4.78, 5) is 55.0. The van der Waals surface area contributed by atoms with E-state index in [0.29, 0.717) is 33.6 Å². The zero-order valence-electron chi connectivity index (χ0n) is 25.0. The number of rotatable bonds is 7. The molecular formula is C34H30BrN7O3. The summed E-state index contributed by atoms with van der Waals surface area (Å²) in [6, 6.07) is 18.5. The number of fused-ring (bicyclic) bond motifs is 2. The highest BCUT2D eigenvalue weighted by molar-refractivity contribution is 9.10. The van der Waals surface area contributed by atoms with Crippen LogP contribution in [0.15, 0.2) is 77.7 Å². The lowest BCUT2D eigenvalue weighted by Gasteiger charge is -2.27. The molecule has 7 rings (SSSR count). The average Bonchev–Trinajstić information content (AvgIpc) is 3.38.